The van der Waals surface area contributed by atoms with Crippen LogP contribution in [-0.4, -0.2) is 78.8 Å². The number of benzene rings is 2. The number of nitrogens with one attached hydrogen (secondary N) is 1. The lowest BCUT2D eigenvalue weighted by atomic mass is 9.96. The van der Waals surface area contributed by atoms with Crippen LogP contribution < -0.4 is 14.2 Å². The molecule has 8 nitrogen and oxygen atoms in total. The van der Waals surface area contributed by atoms with Crippen LogP contribution in [0.1, 0.15) is 46.9 Å². The third kappa shape index (κ3) is 5.42. The van der Waals surface area contributed by atoms with E-state index in [0.29, 0.717) is 31.9 Å². The molecule has 1 atom stereocenters. The maximum absolute atomic E-state index is 13.3. The van der Waals surface area contributed by atoms with Crippen molar-refractivity contribution in [2.45, 2.75) is 39.8 Å². The second kappa shape index (κ2) is 12.0. The first-order valence-corrected chi connectivity index (χ1v) is 12.9. The Morgan fingerprint density at radius 1 is 1.18 bits per heavy atom. The lowest BCUT2D eigenvalue weighted by Crippen LogP contribution is -2.49. The number of fused-ring (bicyclic) bond motifs is 2. The molecule has 0 aliphatic carbocycles. The van der Waals surface area contributed by atoms with Crippen LogP contribution in [0.25, 0.3) is 10.9 Å². The molecule has 10 heteroatoms. The Hall–Kier alpha value is -3.37. The zero-order valence-electron chi connectivity index (χ0n) is 22.2. The molecule has 1 saturated heterocycles. The maximum Gasteiger partial charge on any atom is 0.339 e. The summed E-state index contributed by atoms with van der Waals surface area (Å²) in [5.41, 5.74) is 3.84. The molecule has 0 radical (unpaired) electrons. The average molecular weight is 532 g/mol. The third-order valence-corrected chi connectivity index (χ3v) is 6.97. The smallest absolute Gasteiger partial charge is 0.339 e. The van der Waals surface area contributed by atoms with Crippen molar-refractivity contribution in [2.24, 2.45) is 0 Å². The number of rotatable bonds is 7. The van der Waals surface area contributed by atoms with E-state index in [1.54, 1.807) is 18.1 Å². The number of hydrogen-bond acceptors (Lipinski definition) is 6. The highest BCUT2D eigenvalue weighted by atomic mass is 19.3. The largest absolute Gasteiger partial charge is 0.496 e. The number of hydrogen-bond donors (Lipinski definition) is 2. The van der Waals surface area contributed by atoms with E-state index in [0.717, 1.165) is 33.3 Å². The van der Waals surface area contributed by atoms with Gasteiger partial charge in [-0.25, -0.2) is 13.6 Å². The van der Waals surface area contributed by atoms with Crippen LogP contribution in [0, 0.1) is 6.92 Å². The van der Waals surface area contributed by atoms with Crippen LogP contribution in [0.3, 0.4) is 0 Å². The van der Waals surface area contributed by atoms with Crippen LogP contribution >= 0.6 is 0 Å². The Morgan fingerprint density at radius 2 is 1.92 bits per heavy atom. The van der Waals surface area contributed by atoms with Crippen molar-refractivity contribution >= 4 is 16.9 Å². The van der Waals surface area contributed by atoms with Crippen LogP contribution in [-0.2, 0) is 6.54 Å². The number of carbonyl (C=O) groups is 1. The second-order valence-electron chi connectivity index (χ2n) is 9.14. The highest BCUT2D eigenvalue weighted by Crippen LogP contribution is 2.44. The van der Waals surface area contributed by atoms with Gasteiger partial charge >= 0.3 is 5.97 Å². The minimum Gasteiger partial charge on any atom is -0.496 e. The molecule has 2 aliphatic rings. The van der Waals surface area contributed by atoms with Gasteiger partial charge in [0.15, 0.2) is 11.5 Å². The number of carboxylic acids is 1. The first kappa shape index (κ1) is 27.7. The first-order chi connectivity index (χ1) is 18.4. The minimum absolute atomic E-state index is 0.0227. The SMILES string of the molecule is CC.COc1cc(C)c2[nH]ccc2c1CN1CCN(CC(F)F)CC1c1ccc(C(=O)O)c2c1OCCO2. The fraction of sp³-hybridized carbons (Fsp3) is 0.464. The van der Waals surface area contributed by atoms with Gasteiger partial charge in [0, 0.05) is 54.4 Å². The summed E-state index contributed by atoms with van der Waals surface area (Å²) in [5, 5.41) is 10.7. The van der Waals surface area contributed by atoms with Crippen molar-refractivity contribution in [3.63, 3.8) is 0 Å². The fourth-order valence-corrected chi connectivity index (χ4v) is 5.29. The van der Waals surface area contributed by atoms with Crippen molar-refractivity contribution in [3.05, 3.63) is 52.7 Å². The van der Waals surface area contributed by atoms with E-state index in [2.05, 4.69) is 9.88 Å². The molecule has 206 valence electrons. The predicted octanol–water partition coefficient (Wildman–Crippen LogP) is 5.10. The zero-order chi connectivity index (χ0) is 27.4. The standard InChI is InChI=1S/C26H29F2N3O5.C2H6/c1-15-11-21(34-2)19(16-5-6-29-23(15)16)12-31-8-7-30(14-22(27)28)13-20(31)17-3-4-18(26(32)33)25-24(17)35-9-10-36-25;1-2/h3-6,11,20,22,29H,7-10,12-14H2,1-2H3,(H,32,33);1-2H3. The molecular weight excluding hydrogens is 496 g/mol. The Balaban J connectivity index is 0.00000164. The number of aromatic amines is 1. The number of aryl methyl sites for hydroxylation is 1. The summed E-state index contributed by atoms with van der Waals surface area (Å²) in [7, 11) is 1.64. The van der Waals surface area contributed by atoms with Crippen molar-refractivity contribution in [1.82, 2.24) is 14.8 Å². The van der Waals surface area contributed by atoms with E-state index in [-0.39, 0.29) is 37.1 Å². The molecule has 1 unspecified atom stereocenters. The van der Waals surface area contributed by atoms with Crippen LogP contribution in [0.15, 0.2) is 30.5 Å². The number of carboxylic acid groups (broad SMARTS) is 1. The zero-order valence-corrected chi connectivity index (χ0v) is 22.2. The number of halogens is 2. The van der Waals surface area contributed by atoms with Gasteiger partial charge in [-0.15, -0.1) is 0 Å². The van der Waals surface area contributed by atoms with Crippen molar-refractivity contribution in [3.8, 4) is 17.2 Å². The Morgan fingerprint density at radius 3 is 2.61 bits per heavy atom. The van der Waals surface area contributed by atoms with Crippen molar-refractivity contribution in [2.75, 3.05) is 46.5 Å². The van der Waals surface area contributed by atoms with E-state index in [1.165, 1.54) is 6.07 Å². The fourth-order valence-electron chi connectivity index (χ4n) is 5.29. The number of methoxy groups -OCH3 is 1. The number of alkyl halides is 2. The number of H-pyrrole nitrogens is 1. The number of piperazine rings is 1. The number of ether oxygens (including phenoxy) is 3. The summed E-state index contributed by atoms with van der Waals surface area (Å²) in [4.78, 5) is 19.0. The molecule has 0 amide bonds. The second-order valence-corrected chi connectivity index (χ2v) is 9.14. The van der Waals surface area contributed by atoms with Gasteiger partial charge in [0.05, 0.1) is 19.7 Å². The normalized spacial score (nSPS) is 17.8. The molecule has 1 aromatic heterocycles. The molecule has 2 aromatic carbocycles. The summed E-state index contributed by atoms with van der Waals surface area (Å²) in [6, 6.07) is 6.92. The van der Waals surface area contributed by atoms with Crippen LogP contribution in [0.2, 0.25) is 0 Å². The molecule has 2 aliphatic heterocycles. The molecule has 3 heterocycles. The van der Waals surface area contributed by atoms with E-state index < -0.39 is 12.4 Å². The number of aromatic carboxylic acids is 1. The van der Waals surface area contributed by atoms with Gasteiger partial charge in [0.25, 0.3) is 6.43 Å². The first-order valence-electron chi connectivity index (χ1n) is 12.9. The van der Waals surface area contributed by atoms with Gasteiger partial charge < -0.3 is 24.3 Å². The Labute approximate surface area is 221 Å². The van der Waals surface area contributed by atoms with E-state index in [4.69, 9.17) is 14.2 Å². The lowest BCUT2D eigenvalue weighted by molar-refractivity contribution is 0.0230. The Kier molecular flexibility index (Phi) is 8.73. The maximum atomic E-state index is 13.3. The number of aromatic nitrogens is 1. The lowest BCUT2D eigenvalue weighted by Gasteiger charge is -2.42. The molecule has 0 saturated carbocycles. The third-order valence-electron chi connectivity index (χ3n) is 6.97. The van der Waals surface area contributed by atoms with Gasteiger partial charge in [0.1, 0.15) is 24.5 Å². The minimum atomic E-state index is -2.45. The molecule has 2 N–H and O–H groups in total. The molecule has 3 aromatic rings. The summed E-state index contributed by atoms with van der Waals surface area (Å²) in [6.07, 6.45) is -0.554. The molecule has 0 bridgehead atoms. The van der Waals surface area contributed by atoms with E-state index >= 15 is 0 Å². The Bertz CT molecular complexity index is 1280. The van der Waals surface area contributed by atoms with Gasteiger partial charge in [-0.1, -0.05) is 19.9 Å². The monoisotopic (exact) mass is 531 g/mol. The van der Waals surface area contributed by atoms with Crippen molar-refractivity contribution < 1.29 is 32.9 Å². The molecule has 0 spiro atoms. The molecule has 5 rings (SSSR count). The van der Waals surface area contributed by atoms with E-state index in [9.17, 15) is 18.7 Å². The molecule has 38 heavy (non-hydrogen) atoms. The highest BCUT2D eigenvalue weighted by Gasteiger charge is 2.35. The quantitative estimate of drug-likeness (QED) is 0.438. The average Bonchev–Trinajstić information content (AvgIpc) is 3.42. The van der Waals surface area contributed by atoms with Crippen LogP contribution in [0.5, 0.6) is 17.2 Å². The molecular formula is C28H35F2N3O5. The van der Waals surface area contributed by atoms with Crippen LogP contribution in [0.4, 0.5) is 8.78 Å². The highest BCUT2D eigenvalue weighted by molar-refractivity contribution is 5.92. The van der Waals surface area contributed by atoms with Gasteiger partial charge in [0.2, 0.25) is 0 Å². The summed E-state index contributed by atoms with van der Waals surface area (Å²) in [5.74, 6) is 0.217. The topological polar surface area (TPSA) is 87.3 Å². The molecule has 1 fully saturated rings. The van der Waals surface area contributed by atoms with Crippen molar-refractivity contribution in [1.29, 1.82) is 0 Å². The van der Waals surface area contributed by atoms with Gasteiger partial charge in [-0.2, -0.15) is 0 Å². The summed E-state index contributed by atoms with van der Waals surface area (Å²) < 4.78 is 44.0. The van der Waals surface area contributed by atoms with Gasteiger partial charge in [-0.3, -0.25) is 9.80 Å². The van der Waals surface area contributed by atoms with Gasteiger partial charge in [-0.05, 0) is 30.7 Å². The summed E-state index contributed by atoms with van der Waals surface area (Å²) >= 11 is 0. The predicted molar refractivity (Wildman–Crippen MR) is 141 cm³/mol. The summed E-state index contributed by atoms with van der Waals surface area (Å²) in [6.45, 7) is 8.10. The number of nitrogens with zero attached hydrogens (tertiary/aromatic N) is 2. The van der Waals surface area contributed by atoms with E-state index in [1.807, 2.05) is 39.1 Å².